The number of pyridine rings is 1. The molecule has 0 saturated carbocycles. The van der Waals surface area contributed by atoms with Gasteiger partial charge in [0.2, 0.25) is 5.91 Å². The summed E-state index contributed by atoms with van der Waals surface area (Å²) < 4.78 is 0. The van der Waals surface area contributed by atoms with Crippen molar-refractivity contribution in [3.63, 3.8) is 0 Å². The first-order valence-electron chi connectivity index (χ1n) is 8.10. The Morgan fingerprint density at radius 1 is 1.19 bits per heavy atom. The van der Waals surface area contributed by atoms with Crippen LogP contribution in [0.5, 0.6) is 0 Å². The summed E-state index contributed by atoms with van der Waals surface area (Å²) in [6, 6.07) is 10.1. The third-order valence-corrected chi connectivity index (χ3v) is 4.44. The Labute approximate surface area is 163 Å². The molecule has 1 aliphatic rings. The van der Waals surface area contributed by atoms with Crippen molar-refractivity contribution in [1.29, 1.82) is 0 Å². The van der Waals surface area contributed by atoms with E-state index in [1.807, 2.05) is 0 Å². The minimum absolute atomic E-state index is 0. The summed E-state index contributed by atoms with van der Waals surface area (Å²) in [6.07, 6.45) is 3.01. The number of rotatable bonds is 3. The fraction of sp³-hybridized carbons (Fsp3) is 0.278. The van der Waals surface area contributed by atoms with Crippen LogP contribution in [0.4, 0.5) is 11.5 Å². The van der Waals surface area contributed by atoms with Gasteiger partial charge in [0, 0.05) is 30.5 Å². The van der Waals surface area contributed by atoms with E-state index in [2.05, 4.69) is 10.3 Å². The van der Waals surface area contributed by atoms with E-state index in [4.69, 9.17) is 17.3 Å². The summed E-state index contributed by atoms with van der Waals surface area (Å²) in [6.45, 7) is 1.04. The summed E-state index contributed by atoms with van der Waals surface area (Å²) in [5.41, 5.74) is 6.85. The first-order valence-corrected chi connectivity index (χ1v) is 8.48. The molecule has 2 amide bonds. The largest absolute Gasteiger partial charge is 0.399 e. The Morgan fingerprint density at radius 3 is 2.58 bits per heavy atom. The molecule has 0 aliphatic carbocycles. The minimum atomic E-state index is -0.260. The zero-order valence-electron chi connectivity index (χ0n) is 14.0. The molecule has 6 nitrogen and oxygen atoms in total. The quantitative estimate of drug-likeness (QED) is 0.781. The number of halogens is 2. The van der Waals surface area contributed by atoms with Crippen LogP contribution < -0.4 is 11.1 Å². The first kappa shape index (κ1) is 20.0. The van der Waals surface area contributed by atoms with Crippen molar-refractivity contribution in [3.05, 3.63) is 53.2 Å². The molecular weight excluding hydrogens is 375 g/mol. The van der Waals surface area contributed by atoms with Crippen molar-refractivity contribution < 1.29 is 9.59 Å². The Morgan fingerprint density at radius 2 is 1.92 bits per heavy atom. The molecule has 1 aromatic carbocycles. The number of carbonyl (C=O) groups is 2. The second-order valence-corrected chi connectivity index (χ2v) is 6.50. The molecule has 2 aromatic rings. The highest BCUT2D eigenvalue weighted by molar-refractivity contribution is 6.30. The van der Waals surface area contributed by atoms with Crippen LogP contribution in [0.3, 0.4) is 0 Å². The molecule has 1 atom stereocenters. The third kappa shape index (κ3) is 4.86. The van der Waals surface area contributed by atoms with Gasteiger partial charge in [-0.3, -0.25) is 9.59 Å². The van der Waals surface area contributed by atoms with Crippen molar-refractivity contribution in [2.24, 2.45) is 5.92 Å². The highest BCUT2D eigenvalue weighted by atomic mass is 35.5. The standard InChI is InChI=1S/C18H19ClN4O2.ClH/c19-14-5-8-16(21-10-14)22-17(24)13-2-1-9-23(11-13)18(25)12-3-6-15(20)7-4-12;/h3-8,10,13H,1-2,9,11,20H2,(H,21,22,24);1H. The number of hydrogen-bond acceptors (Lipinski definition) is 4. The van der Waals surface area contributed by atoms with Gasteiger partial charge in [-0.2, -0.15) is 0 Å². The number of nitrogens with zero attached hydrogens (tertiary/aromatic N) is 2. The lowest BCUT2D eigenvalue weighted by molar-refractivity contribution is -0.121. The zero-order chi connectivity index (χ0) is 17.8. The maximum absolute atomic E-state index is 12.6. The molecule has 8 heteroatoms. The number of carbonyl (C=O) groups excluding carboxylic acids is 2. The number of hydrogen-bond donors (Lipinski definition) is 2. The van der Waals surface area contributed by atoms with E-state index in [0.717, 1.165) is 12.8 Å². The number of likely N-dealkylation sites (tertiary alicyclic amines) is 1. The van der Waals surface area contributed by atoms with E-state index in [9.17, 15) is 9.59 Å². The van der Waals surface area contributed by atoms with Crippen LogP contribution in [0, 0.1) is 5.92 Å². The Kier molecular flexibility index (Phi) is 6.83. The molecular formula is C18H20Cl2N4O2. The molecule has 1 fully saturated rings. The summed E-state index contributed by atoms with van der Waals surface area (Å²) >= 11 is 5.79. The van der Waals surface area contributed by atoms with Crippen LogP contribution in [-0.4, -0.2) is 34.8 Å². The van der Waals surface area contributed by atoms with Crippen LogP contribution in [0.2, 0.25) is 5.02 Å². The van der Waals surface area contributed by atoms with E-state index >= 15 is 0 Å². The average Bonchev–Trinajstić information content (AvgIpc) is 2.64. The lowest BCUT2D eigenvalue weighted by atomic mass is 9.96. The number of benzene rings is 1. The molecule has 2 heterocycles. The Balaban J connectivity index is 0.00000243. The molecule has 0 spiro atoms. The summed E-state index contributed by atoms with van der Waals surface area (Å²) in [5.74, 6) is -0.0212. The van der Waals surface area contributed by atoms with Crippen LogP contribution >= 0.6 is 24.0 Å². The number of amides is 2. The number of nitrogens with one attached hydrogen (secondary N) is 1. The first-order chi connectivity index (χ1) is 12.0. The van der Waals surface area contributed by atoms with Gasteiger partial charge in [0.25, 0.3) is 5.91 Å². The number of anilines is 2. The summed E-state index contributed by atoms with van der Waals surface area (Å²) in [4.78, 5) is 30.8. The fourth-order valence-electron chi connectivity index (χ4n) is 2.86. The highest BCUT2D eigenvalue weighted by Crippen LogP contribution is 2.21. The molecule has 138 valence electrons. The molecule has 3 rings (SSSR count). The van der Waals surface area contributed by atoms with Gasteiger partial charge < -0.3 is 16.0 Å². The Bertz CT molecular complexity index is 766. The van der Waals surface area contributed by atoms with Crippen molar-refractivity contribution in [2.75, 3.05) is 24.1 Å². The monoisotopic (exact) mass is 394 g/mol. The number of piperidine rings is 1. The summed E-state index contributed by atoms with van der Waals surface area (Å²) in [5, 5.41) is 3.29. The number of nitrogen functional groups attached to an aromatic ring is 1. The predicted molar refractivity (Wildman–Crippen MR) is 105 cm³/mol. The molecule has 0 radical (unpaired) electrons. The maximum atomic E-state index is 12.6. The minimum Gasteiger partial charge on any atom is -0.399 e. The van der Waals surface area contributed by atoms with Crippen LogP contribution in [0.1, 0.15) is 23.2 Å². The highest BCUT2D eigenvalue weighted by Gasteiger charge is 2.29. The molecule has 0 bridgehead atoms. The molecule has 26 heavy (non-hydrogen) atoms. The van der Waals surface area contributed by atoms with Gasteiger partial charge in [0.15, 0.2) is 0 Å². The van der Waals surface area contributed by atoms with Crippen molar-refractivity contribution >= 4 is 47.3 Å². The van der Waals surface area contributed by atoms with Crippen molar-refractivity contribution in [2.45, 2.75) is 12.8 Å². The predicted octanol–water partition coefficient (Wildman–Crippen LogP) is 3.23. The van der Waals surface area contributed by atoms with E-state index in [1.54, 1.807) is 41.3 Å². The van der Waals surface area contributed by atoms with Gasteiger partial charge in [-0.15, -0.1) is 12.4 Å². The molecule has 1 aliphatic heterocycles. The van der Waals surface area contributed by atoms with Gasteiger partial charge in [-0.05, 0) is 49.2 Å². The third-order valence-electron chi connectivity index (χ3n) is 4.22. The van der Waals surface area contributed by atoms with E-state index in [0.29, 0.717) is 35.2 Å². The topological polar surface area (TPSA) is 88.3 Å². The van der Waals surface area contributed by atoms with Gasteiger partial charge in [-0.1, -0.05) is 11.6 Å². The maximum Gasteiger partial charge on any atom is 0.253 e. The van der Waals surface area contributed by atoms with Crippen LogP contribution in [-0.2, 0) is 4.79 Å². The van der Waals surface area contributed by atoms with Gasteiger partial charge >= 0.3 is 0 Å². The normalized spacial score (nSPS) is 16.5. The lowest BCUT2D eigenvalue weighted by Gasteiger charge is -2.32. The fourth-order valence-corrected chi connectivity index (χ4v) is 2.97. The molecule has 1 aromatic heterocycles. The second kappa shape index (κ2) is 8.87. The van der Waals surface area contributed by atoms with E-state index in [-0.39, 0.29) is 30.1 Å². The Hall–Kier alpha value is -2.31. The van der Waals surface area contributed by atoms with E-state index in [1.165, 1.54) is 6.20 Å². The SMILES string of the molecule is Cl.Nc1ccc(C(=O)N2CCCC(C(=O)Nc3ccc(Cl)cn3)C2)cc1. The molecule has 1 unspecified atom stereocenters. The number of nitrogens with two attached hydrogens (primary N) is 1. The molecule has 3 N–H and O–H groups in total. The van der Waals surface area contributed by atoms with Gasteiger partial charge in [0.05, 0.1) is 10.9 Å². The smallest absolute Gasteiger partial charge is 0.253 e. The van der Waals surface area contributed by atoms with Crippen molar-refractivity contribution in [1.82, 2.24) is 9.88 Å². The van der Waals surface area contributed by atoms with Crippen molar-refractivity contribution in [3.8, 4) is 0 Å². The van der Waals surface area contributed by atoms with Crippen LogP contribution in [0.15, 0.2) is 42.6 Å². The molecule has 1 saturated heterocycles. The van der Waals surface area contributed by atoms with Crippen LogP contribution in [0.25, 0.3) is 0 Å². The second-order valence-electron chi connectivity index (χ2n) is 6.06. The van der Waals surface area contributed by atoms with Gasteiger partial charge in [0.1, 0.15) is 5.82 Å². The summed E-state index contributed by atoms with van der Waals surface area (Å²) in [7, 11) is 0. The van der Waals surface area contributed by atoms with E-state index < -0.39 is 0 Å². The average molecular weight is 395 g/mol. The zero-order valence-corrected chi connectivity index (χ0v) is 15.6. The lowest BCUT2D eigenvalue weighted by Crippen LogP contribution is -2.43. The number of aromatic nitrogens is 1. The van der Waals surface area contributed by atoms with Gasteiger partial charge in [-0.25, -0.2) is 4.98 Å².